The van der Waals surface area contributed by atoms with E-state index in [1.807, 2.05) is 0 Å². The number of ether oxygens (including phenoxy) is 5. The Bertz CT molecular complexity index is 1260. The molecule has 9 heteroatoms. The van der Waals surface area contributed by atoms with Gasteiger partial charge in [0.25, 0.3) is 0 Å². The van der Waals surface area contributed by atoms with Gasteiger partial charge in [-0.25, -0.2) is 14.4 Å². The SMILES string of the molecule is C=CC(=O)OCCCCOc1ccc(C(=O)Cc2ccc(OC(=O)C3C=CC(OC(=O)C=C)CO3)c(C)c2)cc1. The van der Waals surface area contributed by atoms with Gasteiger partial charge in [0.1, 0.15) is 17.6 Å². The lowest BCUT2D eigenvalue weighted by molar-refractivity contribution is -0.151. The molecule has 2 atom stereocenters. The standard InChI is InChI=1S/C31H32O9/c1-4-29(33)37-17-7-6-16-36-24-11-9-23(10-12-24)26(32)19-22-8-14-27(21(3)18-22)40-31(35)28-15-13-25(20-38-28)39-30(34)5-2/h4-5,8-15,18,25,28H,1-2,6-7,16-17,19-20H2,3H3. The summed E-state index contributed by atoms with van der Waals surface area (Å²) >= 11 is 0. The second kappa shape index (κ2) is 15.2. The Morgan fingerprint density at radius 2 is 1.68 bits per heavy atom. The van der Waals surface area contributed by atoms with Crippen LogP contribution in [0.4, 0.5) is 0 Å². The molecule has 0 saturated carbocycles. The number of benzene rings is 2. The Morgan fingerprint density at radius 1 is 0.950 bits per heavy atom. The van der Waals surface area contributed by atoms with Crippen LogP contribution >= 0.6 is 0 Å². The molecule has 1 aliphatic rings. The highest BCUT2D eigenvalue weighted by Gasteiger charge is 2.26. The van der Waals surface area contributed by atoms with Crippen LogP contribution in [0.3, 0.4) is 0 Å². The van der Waals surface area contributed by atoms with Crippen molar-refractivity contribution in [3.8, 4) is 11.5 Å². The van der Waals surface area contributed by atoms with Crippen molar-refractivity contribution in [1.82, 2.24) is 0 Å². The number of carbonyl (C=O) groups is 4. The third-order valence-electron chi connectivity index (χ3n) is 5.82. The van der Waals surface area contributed by atoms with E-state index in [0.717, 1.165) is 17.7 Å². The first kappa shape index (κ1) is 30.0. The average Bonchev–Trinajstić information content (AvgIpc) is 2.96. The monoisotopic (exact) mass is 548 g/mol. The van der Waals surface area contributed by atoms with Crippen LogP contribution < -0.4 is 9.47 Å². The molecule has 9 nitrogen and oxygen atoms in total. The van der Waals surface area contributed by atoms with Crippen molar-refractivity contribution < 1.29 is 42.9 Å². The van der Waals surface area contributed by atoms with E-state index < -0.39 is 30.1 Å². The van der Waals surface area contributed by atoms with Crippen LogP contribution in [0, 0.1) is 6.92 Å². The average molecular weight is 549 g/mol. The van der Waals surface area contributed by atoms with Crippen molar-refractivity contribution in [2.75, 3.05) is 19.8 Å². The largest absolute Gasteiger partial charge is 0.494 e. The van der Waals surface area contributed by atoms with Crippen molar-refractivity contribution in [2.24, 2.45) is 0 Å². The molecule has 1 heterocycles. The Hall–Kier alpha value is -4.50. The van der Waals surface area contributed by atoms with Crippen LogP contribution in [0.15, 0.2) is 79.9 Å². The Morgan fingerprint density at radius 3 is 2.33 bits per heavy atom. The zero-order valence-electron chi connectivity index (χ0n) is 22.3. The molecule has 2 unspecified atom stereocenters. The predicted octanol–water partition coefficient (Wildman–Crippen LogP) is 4.27. The minimum atomic E-state index is -0.923. The predicted molar refractivity (Wildman–Crippen MR) is 146 cm³/mol. The van der Waals surface area contributed by atoms with E-state index in [1.54, 1.807) is 55.5 Å². The fourth-order valence-corrected chi connectivity index (χ4v) is 3.70. The Labute approximate surface area is 233 Å². The van der Waals surface area contributed by atoms with E-state index in [9.17, 15) is 19.2 Å². The zero-order chi connectivity index (χ0) is 28.9. The normalized spacial score (nSPS) is 15.9. The molecule has 0 aliphatic carbocycles. The second-order valence-electron chi connectivity index (χ2n) is 8.89. The van der Waals surface area contributed by atoms with Gasteiger partial charge in [0.05, 0.1) is 19.8 Å². The molecule has 0 spiro atoms. The maximum atomic E-state index is 12.8. The summed E-state index contributed by atoms with van der Waals surface area (Å²) in [6.07, 6.45) is 5.29. The molecule has 210 valence electrons. The summed E-state index contributed by atoms with van der Waals surface area (Å²) in [5.74, 6) is -0.676. The van der Waals surface area contributed by atoms with E-state index in [4.69, 9.17) is 23.7 Å². The Balaban J connectivity index is 1.45. The van der Waals surface area contributed by atoms with Gasteiger partial charge < -0.3 is 23.7 Å². The van der Waals surface area contributed by atoms with Gasteiger partial charge >= 0.3 is 17.9 Å². The molecule has 0 N–H and O–H groups in total. The molecular formula is C31H32O9. The number of hydrogen-bond donors (Lipinski definition) is 0. The number of rotatable bonds is 14. The third-order valence-corrected chi connectivity index (χ3v) is 5.82. The summed E-state index contributed by atoms with van der Waals surface area (Å²) in [7, 11) is 0. The van der Waals surface area contributed by atoms with Crippen molar-refractivity contribution >= 4 is 23.7 Å². The highest BCUT2D eigenvalue weighted by atomic mass is 16.6. The van der Waals surface area contributed by atoms with Gasteiger partial charge in [-0.05, 0) is 73.4 Å². The van der Waals surface area contributed by atoms with E-state index in [2.05, 4.69) is 13.2 Å². The summed E-state index contributed by atoms with van der Waals surface area (Å²) in [5.41, 5.74) is 2.02. The molecule has 0 amide bonds. The Kier molecular flexibility index (Phi) is 11.4. The van der Waals surface area contributed by atoms with Crippen LogP contribution in [-0.4, -0.2) is 55.7 Å². The van der Waals surface area contributed by atoms with E-state index >= 15 is 0 Å². The third kappa shape index (κ3) is 9.36. The first-order valence-electron chi connectivity index (χ1n) is 12.8. The van der Waals surface area contributed by atoms with Gasteiger partial charge in [-0.1, -0.05) is 25.3 Å². The summed E-state index contributed by atoms with van der Waals surface area (Å²) < 4.78 is 26.6. The number of carbonyl (C=O) groups excluding carboxylic acids is 4. The fraction of sp³-hybridized carbons (Fsp3) is 0.290. The number of aryl methyl sites for hydroxylation is 1. The summed E-state index contributed by atoms with van der Waals surface area (Å²) in [6, 6.07) is 12.1. The fourth-order valence-electron chi connectivity index (χ4n) is 3.70. The molecular weight excluding hydrogens is 516 g/mol. The van der Waals surface area contributed by atoms with Crippen LogP contribution in [0.1, 0.15) is 34.3 Å². The van der Waals surface area contributed by atoms with Gasteiger partial charge in [0.2, 0.25) is 0 Å². The van der Waals surface area contributed by atoms with E-state index in [-0.39, 0.29) is 18.8 Å². The molecule has 2 aromatic rings. The molecule has 0 bridgehead atoms. The van der Waals surface area contributed by atoms with Gasteiger partial charge in [0, 0.05) is 24.1 Å². The van der Waals surface area contributed by atoms with Crippen LogP contribution in [0.5, 0.6) is 11.5 Å². The van der Waals surface area contributed by atoms with E-state index in [0.29, 0.717) is 48.7 Å². The second-order valence-corrected chi connectivity index (χ2v) is 8.89. The summed E-state index contributed by atoms with van der Waals surface area (Å²) in [5, 5.41) is 0. The lowest BCUT2D eigenvalue weighted by Crippen LogP contribution is -2.35. The maximum absolute atomic E-state index is 12.8. The molecule has 2 aromatic carbocycles. The maximum Gasteiger partial charge on any atom is 0.344 e. The van der Waals surface area contributed by atoms with Crippen molar-refractivity contribution in [2.45, 2.75) is 38.4 Å². The number of ketones is 1. The summed E-state index contributed by atoms with van der Waals surface area (Å²) in [6.45, 7) is 9.27. The smallest absolute Gasteiger partial charge is 0.344 e. The first-order chi connectivity index (χ1) is 19.3. The molecule has 0 radical (unpaired) electrons. The number of hydrogen-bond acceptors (Lipinski definition) is 9. The highest BCUT2D eigenvalue weighted by molar-refractivity contribution is 5.97. The molecule has 1 aliphatic heterocycles. The minimum absolute atomic E-state index is 0.0258. The minimum Gasteiger partial charge on any atom is -0.494 e. The van der Waals surface area contributed by atoms with Crippen LogP contribution in [0.25, 0.3) is 0 Å². The number of unbranched alkanes of at least 4 members (excludes halogenated alkanes) is 1. The van der Waals surface area contributed by atoms with Crippen molar-refractivity contribution in [3.05, 3.63) is 96.6 Å². The highest BCUT2D eigenvalue weighted by Crippen LogP contribution is 2.22. The van der Waals surface area contributed by atoms with Gasteiger partial charge in [-0.2, -0.15) is 0 Å². The lowest BCUT2D eigenvalue weighted by Gasteiger charge is -2.22. The molecule has 3 rings (SSSR count). The molecule has 0 fully saturated rings. The molecule has 0 aromatic heterocycles. The zero-order valence-corrected chi connectivity index (χ0v) is 22.3. The lowest BCUT2D eigenvalue weighted by atomic mass is 10.0. The number of esters is 3. The molecule has 0 saturated heterocycles. The van der Waals surface area contributed by atoms with Crippen molar-refractivity contribution in [3.63, 3.8) is 0 Å². The quantitative estimate of drug-likeness (QED) is 0.0853. The van der Waals surface area contributed by atoms with Gasteiger partial charge in [-0.3, -0.25) is 4.79 Å². The summed E-state index contributed by atoms with van der Waals surface area (Å²) in [4.78, 5) is 47.6. The number of Topliss-reactive ketones (excluding diaryl/α,β-unsaturated/α-hetero) is 1. The topological polar surface area (TPSA) is 114 Å². The van der Waals surface area contributed by atoms with Gasteiger partial charge in [-0.15, -0.1) is 0 Å². The molecule has 40 heavy (non-hydrogen) atoms. The van der Waals surface area contributed by atoms with E-state index in [1.165, 1.54) is 6.08 Å². The first-order valence-corrected chi connectivity index (χ1v) is 12.8. The van der Waals surface area contributed by atoms with Gasteiger partial charge in [0.15, 0.2) is 11.9 Å². The van der Waals surface area contributed by atoms with Crippen molar-refractivity contribution in [1.29, 1.82) is 0 Å². The van der Waals surface area contributed by atoms with Crippen LogP contribution in [0.2, 0.25) is 0 Å². The van der Waals surface area contributed by atoms with Crippen LogP contribution in [-0.2, 0) is 35.0 Å².